The van der Waals surface area contributed by atoms with Gasteiger partial charge < -0.3 is 10.1 Å². The molecule has 0 bridgehead atoms. The van der Waals surface area contributed by atoms with Crippen molar-refractivity contribution in [1.29, 1.82) is 0 Å². The maximum atomic E-state index is 5.86. The molecule has 1 aromatic carbocycles. The first-order chi connectivity index (χ1) is 7.11. The standard InChI is InChI=1S/C11H15Cl2NO/c1-3-14-7-8(2)15-11-5-9(12)4-10(13)6-11/h4-6,8,14H,3,7H2,1-2H3. The molecule has 0 amide bonds. The zero-order valence-corrected chi connectivity index (χ0v) is 10.4. The zero-order chi connectivity index (χ0) is 11.3. The van der Waals surface area contributed by atoms with Gasteiger partial charge in [0.25, 0.3) is 0 Å². The zero-order valence-electron chi connectivity index (χ0n) is 8.89. The highest BCUT2D eigenvalue weighted by atomic mass is 35.5. The van der Waals surface area contributed by atoms with Crippen molar-refractivity contribution in [3.05, 3.63) is 28.2 Å². The second-order valence-corrected chi connectivity index (χ2v) is 4.21. The number of likely N-dealkylation sites (N-methyl/N-ethyl adjacent to an activating group) is 1. The normalized spacial score (nSPS) is 12.5. The molecule has 1 rings (SSSR count). The lowest BCUT2D eigenvalue weighted by atomic mass is 10.3. The minimum absolute atomic E-state index is 0.0967. The largest absolute Gasteiger partial charge is 0.489 e. The molecule has 1 atom stereocenters. The highest BCUT2D eigenvalue weighted by molar-refractivity contribution is 6.34. The summed E-state index contributed by atoms with van der Waals surface area (Å²) >= 11 is 11.7. The molecule has 1 unspecified atom stereocenters. The molecule has 0 aliphatic rings. The van der Waals surface area contributed by atoms with Crippen LogP contribution in [0.3, 0.4) is 0 Å². The third kappa shape index (κ3) is 4.74. The predicted octanol–water partition coefficient (Wildman–Crippen LogP) is 3.37. The molecule has 0 radical (unpaired) electrons. The molecule has 0 aliphatic heterocycles. The Morgan fingerprint density at radius 1 is 1.27 bits per heavy atom. The fraction of sp³-hybridized carbons (Fsp3) is 0.455. The molecule has 0 saturated carbocycles. The van der Waals surface area contributed by atoms with Gasteiger partial charge in [0.2, 0.25) is 0 Å². The Balaban J connectivity index is 2.56. The third-order valence-electron chi connectivity index (χ3n) is 1.86. The topological polar surface area (TPSA) is 21.3 Å². The van der Waals surface area contributed by atoms with Gasteiger partial charge in [-0.25, -0.2) is 0 Å². The van der Waals surface area contributed by atoms with E-state index in [0.29, 0.717) is 15.8 Å². The quantitative estimate of drug-likeness (QED) is 0.862. The van der Waals surface area contributed by atoms with Gasteiger partial charge in [-0.2, -0.15) is 0 Å². The third-order valence-corrected chi connectivity index (χ3v) is 2.29. The average Bonchev–Trinajstić information content (AvgIpc) is 2.13. The van der Waals surface area contributed by atoms with Crippen LogP contribution < -0.4 is 10.1 Å². The van der Waals surface area contributed by atoms with E-state index in [9.17, 15) is 0 Å². The number of ether oxygens (including phenoxy) is 1. The molecule has 0 heterocycles. The SMILES string of the molecule is CCNCC(C)Oc1cc(Cl)cc(Cl)c1. The van der Waals surface area contributed by atoms with Crippen LogP contribution in [-0.2, 0) is 0 Å². The second-order valence-electron chi connectivity index (χ2n) is 3.34. The molecule has 1 N–H and O–H groups in total. The van der Waals surface area contributed by atoms with Gasteiger partial charge in [-0.3, -0.25) is 0 Å². The van der Waals surface area contributed by atoms with E-state index >= 15 is 0 Å². The van der Waals surface area contributed by atoms with Crippen molar-refractivity contribution >= 4 is 23.2 Å². The van der Waals surface area contributed by atoms with E-state index in [1.165, 1.54) is 0 Å². The minimum Gasteiger partial charge on any atom is -0.489 e. The van der Waals surface area contributed by atoms with E-state index in [0.717, 1.165) is 13.1 Å². The van der Waals surface area contributed by atoms with E-state index in [-0.39, 0.29) is 6.10 Å². The fourth-order valence-electron chi connectivity index (χ4n) is 1.22. The van der Waals surface area contributed by atoms with E-state index in [2.05, 4.69) is 12.2 Å². The van der Waals surface area contributed by atoms with Gasteiger partial charge in [0.15, 0.2) is 0 Å². The van der Waals surface area contributed by atoms with E-state index in [4.69, 9.17) is 27.9 Å². The first kappa shape index (κ1) is 12.6. The maximum absolute atomic E-state index is 5.86. The second kappa shape index (κ2) is 6.21. The highest BCUT2D eigenvalue weighted by Crippen LogP contribution is 2.24. The Morgan fingerprint density at radius 3 is 2.40 bits per heavy atom. The number of benzene rings is 1. The summed E-state index contributed by atoms with van der Waals surface area (Å²) in [5.41, 5.74) is 0. The molecule has 0 fully saturated rings. The van der Waals surface area contributed by atoms with Crippen molar-refractivity contribution in [2.24, 2.45) is 0 Å². The van der Waals surface area contributed by atoms with Crippen LogP contribution in [-0.4, -0.2) is 19.2 Å². The van der Waals surface area contributed by atoms with Gasteiger partial charge in [-0.1, -0.05) is 30.1 Å². The van der Waals surface area contributed by atoms with Crippen LogP contribution in [0.4, 0.5) is 0 Å². The van der Waals surface area contributed by atoms with Crippen LogP contribution >= 0.6 is 23.2 Å². The van der Waals surface area contributed by atoms with Gasteiger partial charge in [0.05, 0.1) is 0 Å². The summed E-state index contributed by atoms with van der Waals surface area (Å²) in [5, 5.41) is 4.39. The minimum atomic E-state index is 0.0967. The van der Waals surface area contributed by atoms with Crippen LogP contribution in [0.1, 0.15) is 13.8 Å². The molecule has 4 heteroatoms. The van der Waals surface area contributed by atoms with Crippen LogP contribution in [0.2, 0.25) is 10.0 Å². The number of halogens is 2. The van der Waals surface area contributed by atoms with Gasteiger partial charge in [-0.15, -0.1) is 0 Å². The Kier molecular flexibility index (Phi) is 5.23. The van der Waals surface area contributed by atoms with Crippen LogP contribution in [0, 0.1) is 0 Å². The summed E-state index contributed by atoms with van der Waals surface area (Å²) in [6.07, 6.45) is 0.0967. The molecule has 0 aliphatic carbocycles. The smallest absolute Gasteiger partial charge is 0.122 e. The Morgan fingerprint density at radius 2 is 1.87 bits per heavy atom. The van der Waals surface area contributed by atoms with E-state index in [1.807, 2.05) is 6.92 Å². The summed E-state index contributed by atoms with van der Waals surface area (Å²) < 4.78 is 5.65. The maximum Gasteiger partial charge on any atom is 0.122 e. The molecule has 1 aromatic rings. The summed E-state index contributed by atoms with van der Waals surface area (Å²) in [7, 11) is 0. The summed E-state index contributed by atoms with van der Waals surface area (Å²) in [6.45, 7) is 5.80. The van der Waals surface area contributed by atoms with Gasteiger partial charge >= 0.3 is 0 Å². The van der Waals surface area contributed by atoms with Gasteiger partial charge in [-0.05, 0) is 31.7 Å². The van der Waals surface area contributed by atoms with Crippen LogP contribution in [0.15, 0.2) is 18.2 Å². The molecule has 2 nitrogen and oxygen atoms in total. The van der Waals surface area contributed by atoms with Crippen molar-refractivity contribution in [2.45, 2.75) is 20.0 Å². The molecule has 15 heavy (non-hydrogen) atoms. The van der Waals surface area contributed by atoms with Crippen molar-refractivity contribution in [1.82, 2.24) is 5.32 Å². The number of hydrogen-bond acceptors (Lipinski definition) is 2. The Hall–Kier alpha value is -0.440. The monoisotopic (exact) mass is 247 g/mol. The van der Waals surface area contributed by atoms with Crippen LogP contribution in [0.25, 0.3) is 0 Å². The summed E-state index contributed by atoms with van der Waals surface area (Å²) in [6, 6.07) is 5.21. The molecule has 0 spiro atoms. The van der Waals surface area contributed by atoms with E-state index < -0.39 is 0 Å². The average molecular weight is 248 g/mol. The van der Waals surface area contributed by atoms with Gasteiger partial charge in [0, 0.05) is 16.6 Å². The van der Waals surface area contributed by atoms with Crippen molar-refractivity contribution < 1.29 is 4.74 Å². The fourth-order valence-corrected chi connectivity index (χ4v) is 1.72. The highest BCUT2D eigenvalue weighted by Gasteiger charge is 2.04. The summed E-state index contributed by atoms with van der Waals surface area (Å²) in [5.74, 6) is 0.706. The molecular weight excluding hydrogens is 233 g/mol. The lowest BCUT2D eigenvalue weighted by Crippen LogP contribution is -2.28. The van der Waals surface area contributed by atoms with Crippen LogP contribution in [0.5, 0.6) is 5.75 Å². The molecular formula is C11H15Cl2NO. The van der Waals surface area contributed by atoms with Crippen molar-refractivity contribution in [3.8, 4) is 5.75 Å². The van der Waals surface area contributed by atoms with Gasteiger partial charge in [0.1, 0.15) is 11.9 Å². The first-order valence-electron chi connectivity index (χ1n) is 4.95. The Labute approximate surface area is 101 Å². The lowest BCUT2D eigenvalue weighted by molar-refractivity contribution is 0.218. The molecule has 84 valence electrons. The summed E-state index contributed by atoms with van der Waals surface area (Å²) in [4.78, 5) is 0. The predicted molar refractivity (Wildman–Crippen MR) is 65.1 cm³/mol. The molecule has 0 aromatic heterocycles. The van der Waals surface area contributed by atoms with Crippen molar-refractivity contribution in [2.75, 3.05) is 13.1 Å². The molecule has 0 saturated heterocycles. The number of hydrogen-bond donors (Lipinski definition) is 1. The number of nitrogens with one attached hydrogen (secondary N) is 1. The lowest BCUT2D eigenvalue weighted by Gasteiger charge is -2.15. The first-order valence-corrected chi connectivity index (χ1v) is 5.71. The van der Waals surface area contributed by atoms with E-state index in [1.54, 1.807) is 18.2 Å². The van der Waals surface area contributed by atoms with Crippen molar-refractivity contribution in [3.63, 3.8) is 0 Å². The Bertz CT molecular complexity index is 297. The number of rotatable bonds is 5.